The van der Waals surface area contributed by atoms with Crippen LogP contribution in [0.2, 0.25) is 0 Å². The van der Waals surface area contributed by atoms with Gasteiger partial charge in [-0.2, -0.15) is 5.10 Å². The molecule has 3 atom stereocenters. The van der Waals surface area contributed by atoms with E-state index in [2.05, 4.69) is 53.5 Å². The average Bonchev–Trinajstić information content (AvgIpc) is 3.80. The summed E-state index contributed by atoms with van der Waals surface area (Å²) in [6.07, 6.45) is 10.4. The number of hydrogen-bond donors (Lipinski definition) is 3. The molecule has 5 aliphatic rings. The van der Waals surface area contributed by atoms with Crippen molar-refractivity contribution in [2.75, 3.05) is 48.4 Å². The Morgan fingerprint density at radius 3 is 2.47 bits per heavy atom. The number of aromatic nitrogens is 4. The number of aromatic hydroxyl groups is 1. The normalized spacial score (nSPS) is 26.6. The van der Waals surface area contributed by atoms with Crippen molar-refractivity contribution in [3.63, 3.8) is 0 Å². The van der Waals surface area contributed by atoms with Crippen molar-refractivity contribution in [3.05, 3.63) is 72.1 Å². The van der Waals surface area contributed by atoms with Crippen LogP contribution < -0.4 is 20.9 Å². The highest BCUT2D eigenvalue weighted by atomic mass is 16.5. The molecule has 0 spiro atoms. The number of piperazine rings is 1. The maximum atomic E-state index is 12.7. The molecule has 1 saturated carbocycles. The minimum Gasteiger partial charge on any atom is -0.507 e. The summed E-state index contributed by atoms with van der Waals surface area (Å²) in [7, 11) is 0. The molecule has 4 N–H and O–H groups in total. The van der Waals surface area contributed by atoms with E-state index in [1.54, 1.807) is 22.9 Å². The fraction of sp³-hybridized carbons (Fsp3) is 0.447. The number of imide groups is 1. The van der Waals surface area contributed by atoms with E-state index in [9.17, 15) is 14.7 Å². The number of nitrogen functional groups attached to an aromatic ring is 1. The van der Waals surface area contributed by atoms with E-state index in [4.69, 9.17) is 10.5 Å². The number of nitrogens with zero attached hydrogens (tertiary/aromatic N) is 7. The Morgan fingerprint density at radius 1 is 0.882 bits per heavy atom. The second-order valence-electron chi connectivity index (χ2n) is 14.6. The molecular formula is C38H43N9O4. The van der Waals surface area contributed by atoms with Crippen LogP contribution in [-0.2, 0) is 20.7 Å². The molecule has 51 heavy (non-hydrogen) atoms. The summed E-state index contributed by atoms with van der Waals surface area (Å²) in [5, 5.41) is 25.9. The molecule has 2 aromatic heterocycles. The molecule has 4 fully saturated rings. The molecule has 1 unspecified atom stereocenters. The highest BCUT2D eigenvalue weighted by Gasteiger charge is 2.44. The van der Waals surface area contributed by atoms with E-state index in [1.807, 2.05) is 24.5 Å². The first kappa shape index (κ1) is 31.9. The molecule has 13 heteroatoms. The lowest BCUT2D eigenvalue weighted by molar-refractivity contribution is -0.134. The van der Waals surface area contributed by atoms with Gasteiger partial charge in [0.15, 0.2) is 5.82 Å². The number of nitrogens with two attached hydrogens (primary N) is 1. The molecule has 3 saturated heterocycles. The smallest absolute Gasteiger partial charge is 0.249 e. The number of phenolic OH excluding ortho intramolecular Hbond substituents is 1. The predicted octanol–water partition coefficient (Wildman–Crippen LogP) is 3.40. The molecule has 2 amide bonds. The third kappa shape index (κ3) is 5.78. The second-order valence-corrected chi connectivity index (χ2v) is 14.6. The van der Waals surface area contributed by atoms with Crippen LogP contribution in [0.3, 0.4) is 0 Å². The molecule has 2 aromatic carbocycles. The van der Waals surface area contributed by atoms with Crippen molar-refractivity contribution in [2.24, 2.45) is 0 Å². The van der Waals surface area contributed by atoms with Crippen LogP contribution >= 0.6 is 0 Å². The molecule has 13 nitrogen and oxygen atoms in total. The molecule has 0 radical (unpaired) electrons. The van der Waals surface area contributed by atoms with Crippen LogP contribution in [0, 0.1) is 0 Å². The predicted molar refractivity (Wildman–Crippen MR) is 192 cm³/mol. The van der Waals surface area contributed by atoms with E-state index in [0.29, 0.717) is 67.0 Å². The Morgan fingerprint density at radius 2 is 1.69 bits per heavy atom. The number of piperidine rings is 1. The van der Waals surface area contributed by atoms with Crippen molar-refractivity contribution in [3.8, 4) is 22.7 Å². The van der Waals surface area contributed by atoms with Gasteiger partial charge in [-0.15, -0.1) is 10.2 Å². The summed E-state index contributed by atoms with van der Waals surface area (Å²) >= 11 is 0. The molecule has 2 bridgehead atoms. The number of benzene rings is 2. The molecular weight excluding hydrogens is 646 g/mol. The molecule has 1 aliphatic carbocycles. The minimum atomic E-state index is -0.266. The van der Waals surface area contributed by atoms with E-state index >= 15 is 0 Å². The lowest BCUT2D eigenvalue weighted by atomic mass is 9.78. The van der Waals surface area contributed by atoms with Gasteiger partial charge in [0.05, 0.1) is 49.1 Å². The zero-order valence-electron chi connectivity index (χ0n) is 28.5. The largest absolute Gasteiger partial charge is 0.507 e. The van der Waals surface area contributed by atoms with Gasteiger partial charge in [-0.3, -0.25) is 19.8 Å². The fourth-order valence-electron chi connectivity index (χ4n) is 9.36. The lowest BCUT2D eigenvalue weighted by Gasteiger charge is -2.54. The number of anilines is 3. The quantitative estimate of drug-likeness (QED) is 0.255. The SMILES string of the molecule is Nc1nnc(-c2ccccc2O)cc1-n1cc(N2CC3COC[C@@H](C2)N3C2CCC(c3cccc4c3CCN4[C@H]3CCC(=O)NC3=O)CC2)cn1. The van der Waals surface area contributed by atoms with Crippen molar-refractivity contribution in [2.45, 2.75) is 75.0 Å². The summed E-state index contributed by atoms with van der Waals surface area (Å²) in [5.41, 5.74) is 13.0. The van der Waals surface area contributed by atoms with Crippen LogP contribution in [0.5, 0.6) is 5.75 Å². The number of fused-ring (bicyclic) bond motifs is 3. The van der Waals surface area contributed by atoms with Gasteiger partial charge < -0.3 is 25.4 Å². The van der Waals surface area contributed by atoms with Gasteiger partial charge in [-0.1, -0.05) is 24.3 Å². The van der Waals surface area contributed by atoms with Crippen molar-refractivity contribution in [1.82, 2.24) is 30.2 Å². The maximum Gasteiger partial charge on any atom is 0.249 e. The summed E-state index contributed by atoms with van der Waals surface area (Å²) in [5.74, 6) is 0.582. The maximum absolute atomic E-state index is 12.7. The van der Waals surface area contributed by atoms with Gasteiger partial charge in [-0.05, 0) is 79.8 Å². The Bertz CT molecular complexity index is 1960. The highest BCUT2D eigenvalue weighted by Crippen LogP contribution is 2.43. The third-order valence-corrected chi connectivity index (χ3v) is 11.7. The molecule has 4 aromatic rings. The Kier molecular flexibility index (Phi) is 8.11. The number of carbonyl (C=O) groups is 2. The number of nitrogens with one attached hydrogen (secondary N) is 1. The lowest BCUT2D eigenvalue weighted by Crippen LogP contribution is -2.67. The summed E-state index contributed by atoms with van der Waals surface area (Å²) in [6.45, 7) is 3.98. The number of morpholine rings is 1. The van der Waals surface area contributed by atoms with E-state index in [1.165, 1.54) is 16.8 Å². The topological polar surface area (TPSA) is 155 Å². The highest BCUT2D eigenvalue weighted by molar-refractivity contribution is 6.02. The average molecular weight is 690 g/mol. The van der Waals surface area contributed by atoms with E-state index in [0.717, 1.165) is 57.4 Å². The first-order valence-electron chi connectivity index (χ1n) is 18.2. The van der Waals surface area contributed by atoms with Crippen LogP contribution in [0.25, 0.3) is 16.9 Å². The number of amides is 2. The standard InChI is InChI=1S/C38H43N9O4/c39-37-34(16-31(42-43-37)30-4-1-2-7-35(30)48)46-20-25(17-40-46)44-18-26-21-51-22-27(19-44)47(26)24-10-8-23(9-11-24)28-5-3-6-32-29(28)14-15-45(32)33-12-13-36(49)41-38(33)50/h1-7,16-17,20,23-24,26-27,33,48H,8-15,18-19,21-22H2,(H2,39,43)(H,41,49,50)/t23?,24?,26-,27?,33+/m1/s1. The van der Waals surface area contributed by atoms with Gasteiger partial charge in [0, 0.05) is 43.3 Å². The Balaban J connectivity index is 0.869. The number of carbonyl (C=O) groups excluding carboxylic acids is 2. The summed E-state index contributed by atoms with van der Waals surface area (Å²) in [6, 6.07) is 16.3. The monoisotopic (exact) mass is 689 g/mol. The van der Waals surface area contributed by atoms with Crippen LogP contribution in [0.4, 0.5) is 17.2 Å². The number of para-hydroxylation sites is 1. The van der Waals surface area contributed by atoms with Gasteiger partial charge in [-0.25, -0.2) is 4.68 Å². The second kappa shape index (κ2) is 13.0. The van der Waals surface area contributed by atoms with Crippen LogP contribution in [-0.4, -0.2) is 98.8 Å². The first-order valence-corrected chi connectivity index (χ1v) is 18.2. The number of ether oxygens (including phenoxy) is 1. The van der Waals surface area contributed by atoms with Gasteiger partial charge >= 0.3 is 0 Å². The van der Waals surface area contributed by atoms with Crippen molar-refractivity contribution >= 4 is 29.0 Å². The van der Waals surface area contributed by atoms with Crippen LogP contribution in [0.1, 0.15) is 55.6 Å². The number of hydrogen-bond acceptors (Lipinski definition) is 11. The number of rotatable bonds is 6. The Labute approximate surface area is 296 Å². The van der Waals surface area contributed by atoms with Gasteiger partial charge in [0.1, 0.15) is 17.5 Å². The van der Waals surface area contributed by atoms with Gasteiger partial charge in [0.25, 0.3) is 0 Å². The van der Waals surface area contributed by atoms with Crippen LogP contribution in [0.15, 0.2) is 60.9 Å². The third-order valence-electron chi connectivity index (χ3n) is 11.7. The van der Waals surface area contributed by atoms with Gasteiger partial charge in [0.2, 0.25) is 11.8 Å². The van der Waals surface area contributed by atoms with E-state index in [-0.39, 0.29) is 29.4 Å². The fourth-order valence-corrected chi connectivity index (χ4v) is 9.36. The molecule has 264 valence electrons. The van der Waals surface area contributed by atoms with E-state index < -0.39 is 0 Å². The Hall–Kier alpha value is -5.01. The van der Waals surface area contributed by atoms with Crippen molar-refractivity contribution < 1.29 is 19.4 Å². The molecule has 9 rings (SSSR count). The zero-order valence-corrected chi connectivity index (χ0v) is 28.5. The summed E-state index contributed by atoms with van der Waals surface area (Å²) in [4.78, 5) is 31.9. The summed E-state index contributed by atoms with van der Waals surface area (Å²) < 4.78 is 7.86. The zero-order chi connectivity index (χ0) is 34.6. The first-order chi connectivity index (χ1) is 24.9. The minimum absolute atomic E-state index is 0.130. The molecule has 6 heterocycles. The number of phenols is 1. The molecule has 4 aliphatic heterocycles. The van der Waals surface area contributed by atoms with Crippen molar-refractivity contribution in [1.29, 1.82) is 0 Å².